The van der Waals surface area contributed by atoms with Gasteiger partial charge in [0.25, 0.3) is 0 Å². The first-order valence-corrected chi connectivity index (χ1v) is 10.6. The predicted octanol–water partition coefficient (Wildman–Crippen LogP) is 5.36. The maximum Gasteiger partial charge on any atom is 0.227 e. The zero-order valence-corrected chi connectivity index (χ0v) is 17.7. The van der Waals surface area contributed by atoms with Gasteiger partial charge in [-0.1, -0.05) is 48.0 Å². The van der Waals surface area contributed by atoms with Gasteiger partial charge in [-0.3, -0.25) is 4.79 Å². The number of hydrogen-bond donors (Lipinski definition) is 0. The van der Waals surface area contributed by atoms with Gasteiger partial charge in [-0.15, -0.1) is 0 Å². The number of aryl methyl sites for hydroxylation is 2. The molecule has 0 spiro atoms. The molecule has 1 aliphatic rings. The normalized spacial score (nSPS) is 16.4. The topological polar surface area (TPSA) is 38.1 Å². The number of imidazole rings is 1. The van der Waals surface area contributed by atoms with Gasteiger partial charge in [-0.2, -0.15) is 0 Å². The van der Waals surface area contributed by atoms with Gasteiger partial charge in [-0.05, 0) is 49.2 Å². The number of carbonyl (C=O) groups is 1. The van der Waals surface area contributed by atoms with Crippen molar-refractivity contribution in [2.24, 2.45) is 0 Å². The van der Waals surface area contributed by atoms with E-state index in [9.17, 15) is 9.18 Å². The second-order valence-corrected chi connectivity index (χ2v) is 8.33. The lowest BCUT2D eigenvalue weighted by Gasteiger charge is -2.18. The summed E-state index contributed by atoms with van der Waals surface area (Å²) >= 11 is 0. The number of benzene rings is 3. The van der Waals surface area contributed by atoms with Crippen molar-refractivity contribution in [1.29, 1.82) is 0 Å². The highest BCUT2D eigenvalue weighted by atomic mass is 19.1. The fraction of sp³-hybridized carbons (Fsp3) is 0.231. The minimum Gasteiger partial charge on any atom is -0.323 e. The molecule has 4 nitrogen and oxygen atoms in total. The van der Waals surface area contributed by atoms with E-state index in [1.807, 2.05) is 18.2 Å². The second kappa shape index (κ2) is 7.65. The number of hydrogen-bond acceptors (Lipinski definition) is 2. The molecule has 0 bridgehead atoms. The average Bonchev–Trinajstić information content (AvgIpc) is 3.32. The van der Waals surface area contributed by atoms with E-state index in [2.05, 4.69) is 42.7 Å². The van der Waals surface area contributed by atoms with Gasteiger partial charge in [-0.25, -0.2) is 9.37 Å². The lowest BCUT2D eigenvalue weighted by Crippen LogP contribution is -2.25. The summed E-state index contributed by atoms with van der Waals surface area (Å²) in [6, 6.07) is 21.0. The number of amides is 1. The van der Waals surface area contributed by atoms with Crippen LogP contribution in [0.3, 0.4) is 0 Å². The first-order valence-electron chi connectivity index (χ1n) is 10.6. The van der Waals surface area contributed by atoms with Crippen LogP contribution in [0.5, 0.6) is 0 Å². The molecule has 0 radical (unpaired) electrons. The number of rotatable bonds is 4. The molecular formula is C26H24FN3O. The van der Waals surface area contributed by atoms with Gasteiger partial charge >= 0.3 is 0 Å². The minimum absolute atomic E-state index is 0.0690. The van der Waals surface area contributed by atoms with Crippen LogP contribution in [-0.2, 0) is 11.3 Å². The first kappa shape index (κ1) is 19.5. The molecule has 0 aliphatic carbocycles. The summed E-state index contributed by atoms with van der Waals surface area (Å²) in [6.07, 6.45) is 0.324. The summed E-state index contributed by atoms with van der Waals surface area (Å²) in [7, 11) is 0. The Morgan fingerprint density at radius 2 is 1.81 bits per heavy atom. The summed E-state index contributed by atoms with van der Waals surface area (Å²) in [6.45, 7) is 5.33. The highest BCUT2D eigenvalue weighted by Crippen LogP contribution is 2.34. The lowest BCUT2D eigenvalue weighted by atomic mass is 10.0. The van der Waals surface area contributed by atoms with E-state index in [1.54, 1.807) is 23.1 Å². The third kappa shape index (κ3) is 3.50. The first-order chi connectivity index (χ1) is 15.0. The van der Waals surface area contributed by atoms with Crippen LogP contribution in [0.25, 0.3) is 11.0 Å². The van der Waals surface area contributed by atoms with Crippen molar-refractivity contribution in [3.8, 4) is 0 Å². The second-order valence-electron chi connectivity index (χ2n) is 8.33. The van der Waals surface area contributed by atoms with Gasteiger partial charge in [0.1, 0.15) is 11.6 Å². The molecule has 2 heterocycles. The SMILES string of the molecule is Cc1ccc(C)c(Cn2c(C3CC(=O)N(c4ccccc4F)C3)nc3ccccc32)c1. The number of carbonyl (C=O) groups excluding carboxylic acids is 1. The van der Waals surface area contributed by atoms with Gasteiger partial charge in [0.05, 0.1) is 16.7 Å². The smallest absolute Gasteiger partial charge is 0.227 e. The summed E-state index contributed by atoms with van der Waals surface area (Å²) in [5, 5.41) is 0. The van der Waals surface area contributed by atoms with E-state index < -0.39 is 0 Å². The van der Waals surface area contributed by atoms with Crippen LogP contribution in [0.4, 0.5) is 10.1 Å². The Bertz CT molecular complexity index is 1290. The molecule has 31 heavy (non-hydrogen) atoms. The van der Waals surface area contributed by atoms with Crippen LogP contribution in [0.1, 0.15) is 34.9 Å². The Balaban J connectivity index is 1.56. The number of nitrogens with zero attached hydrogens (tertiary/aromatic N) is 3. The number of para-hydroxylation sites is 3. The predicted molar refractivity (Wildman–Crippen MR) is 121 cm³/mol. The Morgan fingerprint density at radius 1 is 1.03 bits per heavy atom. The molecule has 0 saturated carbocycles. The molecule has 4 aromatic rings. The Morgan fingerprint density at radius 3 is 2.65 bits per heavy atom. The van der Waals surface area contributed by atoms with E-state index >= 15 is 0 Å². The standard InChI is InChI=1S/C26H24FN3O/c1-17-11-12-18(2)19(13-17)15-30-24-10-6-4-8-22(24)28-26(30)20-14-25(31)29(16-20)23-9-5-3-7-21(23)27/h3-13,20H,14-16H2,1-2H3. The van der Waals surface area contributed by atoms with Crippen LogP contribution < -0.4 is 4.90 Å². The van der Waals surface area contributed by atoms with E-state index in [1.165, 1.54) is 22.8 Å². The molecule has 156 valence electrons. The molecule has 5 rings (SSSR count). The van der Waals surface area contributed by atoms with Crippen LogP contribution in [0.15, 0.2) is 66.7 Å². The van der Waals surface area contributed by atoms with Crippen molar-refractivity contribution in [1.82, 2.24) is 9.55 Å². The lowest BCUT2D eigenvalue weighted by molar-refractivity contribution is -0.117. The molecule has 0 N–H and O–H groups in total. The summed E-state index contributed by atoms with van der Waals surface area (Å²) in [5.74, 6) is 0.347. The van der Waals surface area contributed by atoms with Crippen LogP contribution in [0.2, 0.25) is 0 Å². The van der Waals surface area contributed by atoms with E-state index in [-0.39, 0.29) is 17.6 Å². The number of halogens is 1. The minimum atomic E-state index is -0.375. The van der Waals surface area contributed by atoms with E-state index in [0.29, 0.717) is 25.2 Å². The number of anilines is 1. The summed E-state index contributed by atoms with van der Waals surface area (Å²) in [4.78, 5) is 19.3. The zero-order valence-electron chi connectivity index (χ0n) is 17.7. The summed E-state index contributed by atoms with van der Waals surface area (Å²) in [5.41, 5.74) is 5.99. The zero-order chi connectivity index (χ0) is 21.5. The fourth-order valence-electron chi connectivity index (χ4n) is 4.50. The van der Waals surface area contributed by atoms with Crippen molar-refractivity contribution in [3.63, 3.8) is 0 Å². The van der Waals surface area contributed by atoms with Crippen LogP contribution in [-0.4, -0.2) is 22.0 Å². The number of aromatic nitrogens is 2. The highest BCUT2D eigenvalue weighted by Gasteiger charge is 2.35. The van der Waals surface area contributed by atoms with Gasteiger partial charge in [0.15, 0.2) is 0 Å². The van der Waals surface area contributed by atoms with Crippen LogP contribution in [0, 0.1) is 19.7 Å². The molecule has 1 unspecified atom stereocenters. The largest absolute Gasteiger partial charge is 0.323 e. The molecule has 5 heteroatoms. The maximum atomic E-state index is 14.3. The van der Waals surface area contributed by atoms with Gasteiger partial charge in [0, 0.05) is 25.4 Å². The van der Waals surface area contributed by atoms with Crippen molar-refractivity contribution < 1.29 is 9.18 Å². The molecule has 1 aromatic heterocycles. The maximum absolute atomic E-state index is 14.3. The van der Waals surface area contributed by atoms with E-state index in [4.69, 9.17) is 4.98 Å². The molecule has 1 fully saturated rings. The van der Waals surface area contributed by atoms with Crippen molar-refractivity contribution >= 4 is 22.6 Å². The van der Waals surface area contributed by atoms with Crippen molar-refractivity contribution in [2.75, 3.05) is 11.4 Å². The molecule has 3 aromatic carbocycles. The monoisotopic (exact) mass is 413 g/mol. The molecular weight excluding hydrogens is 389 g/mol. The Kier molecular flexibility index (Phi) is 4.81. The molecule has 1 amide bonds. The fourth-order valence-corrected chi connectivity index (χ4v) is 4.50. The quantitative estimate of drug-likeness (QED) is 0.452. The molecule has 1 atom stereocenters. The number of fused-ring (bicyclic) bond motifs is 1. The van der Waals surface area contributed by atoms with E-state index in [0.717, 1.165) is 16.9 Å². The van der Waals surface area contributed by atoms with Gasteiger partial charge < -0.3 is 9.47 Å². The van der Waals surface area contributed by atoms with Crippen molar-refractivity contribution in [2.45, 2.75) is 32.7 Å². The Hall–Kier alpha value is -3.47. The third-order valence-electron chi connectivity index (χ3n) is 6.15. The van der Waals surface area contributed by atoms with Crippen LogP contribution >= 0.6 is 0 Å². The highest BCUT2D eigenvalue weighted by molar-refractivity contribution is 5.96. The third-order valence-corrected chi connectivity index (χ3v) is 6.15. The molecule has 1 saturated heterocycles. The Labute approximate surface area is 181 Å². The molecule has 1 aliphatic heterocycles. The summed E-state index contributed by atoms with van der Waals surface area (Å²) < 4.78 is 16.6. The average molecular weight is 413 g/mol. The van der Waals surface area contributed by atoms with Gasteiger partial charge in [0.2, 0.25) is 5.91 Å². The van der Waals surface area contributed by atoms with Crippen molar-refractivity contribution in [3.05, 3.63) is 95.1 Å².